The lowest BCUT2D eigenvalue weighted by Crippen LogP contribution is -2.14. The van der Waals surface area contributed by atoms with Crippen molar-refractivity contribution in [2.24, 2.45) is 7.05 Å². The molecule has 5 rings (SSSR count). The van der Waals surface area contributed by atoms with Gasteiger partial charge in [0, 0.05) is 59.6 Å². The predicted octanol–water partition coefficient (Wildman–Crippen LogP) is 4.34. The highest BCUT2D eigenvalue weighted by molar-refractivity contribution is 7.90. The summed E-state index contributed by atoms with van der Waals surface area (Å²) in [4.78, 5) is 21.8. The van der Waals surface area contributed by atoms with E-state index in [0.717, 1.165) is 0 Å². The maximum atomic E-state index is 13.4. The number of pyridine rings is 1. The topological polar surface area (TPSA) is 116 Å². The molecule has 0 saturated carbocycles. The number of hydrogen-bond acceptors (Lipinski definition) is 7. The lowest BCUT2D eigenvalue weighted by molar-refractivity contribution is 0.0527. The van der Waals surface area contributed by atoms with E-state index in [-0.39, 0.29) is 35.1 Å². The largest absolute Gasteiger partial charge is 0.507 e. The van der Waals surface area contributed by atoms with Crippen LogP contribution in [0.2, 0.25) is 0 Å². The number of nitrogens with zero attached hydrogens (tertiary/aromatic N) is 4. The Morgan fingerprint density at radius 1 is 1.08 bits per heavy atom. The standard InChI is InChI=1S/C28H26N4O5S/c1-3-37-28(34)26-24(17-38(35,36)20-9-5-4-6-10-20)31(2)23-14-21(19-8-7-11-29-15-19)27(33)22(25(23)26)16-32-13-12-30-18-32/h4-15,18,33H,3,16-17H2,1-2H3. The molecule has 0 unspecified atom stereocenters. The highest BCUT2D eigenvalue weighted by Gasteiger charge is 2.30. The van der Waals surface area contributed by atoms with Crippen molar-refractivity contribution < 1.29 is 23.1 Å². The molecule has 1 N–H and O–H groups in total. The minimum absolute atomic E-state index is 0.0344. The zero-order valence-corrected chi connectivity index (χ0v) is 21.7. The smallest absolute Gasteiger partial charge is 0.340 e. The highest BCUT2D eigenvalue weighted by atomic mass is 32.2. The number of hydrogen-bond donors (Lipinski definition) is 1. The molecule has 5 aromatic rings. The summed E-state index contributed by atoms with van der Waals surface area (Å²) in [6, 6.07) is 13.4. The number of phenols is 1. The summed E-state index contributed by atoms with van der Waals surface area (Å²) < 4.78 is 35.7. The molecule has 0 atom stereocenters. The van der Waals surface area contributed by atoms with Crippen LogP contribution in [0.5, 0.6) is 5.75 Å². The van der Waals surface area contributed by atoms with Crippen molar-refractivity contribution in [3.05, 3.63) is 96.5 Å². The van der Waals surface area contributed by atoms with Crippen molar-refractivity contribution in [2.75, 3.05) is 6.61 Å². The third-order valence-electron chi connectivity index (χ3n) is 6.47. The van der Waals surface area contributed by atoms with Crippen LogP contribution in [0.3, 0.4) is 0 Å². The minimum atomic E-state index is -3.81. The van der Waals surface area contributed by atoms with Gasteiger partial charge in [-0.05, 0) is 31.2 Å². The van der Waals surface area contributed by atoms with Crippen LogP contribution in [-0.2, 0) is 33.9 Å². The number of carbonyl (C=O) groups is 1. The number of phenolic OH excluding ortho intramolecular Hbond substituents is 1. The number of imidazole rings is 1. The normalized spacial score (nSPS) is 11.6. The van der Waals surface area contributed by atoms with E-state index in [9.17, 15) is 18.3 Å². The Labute approximate surface area is 219 Å². The molecule has 0 spiro atoms. The zero-order chi connectivity index (χ0) is 26.9. The van der Waals surface area contributed by atoms with Gasteiger partial charge in [-0.15, -0.1) is 0 Å². The zero-order valence-electron chi connectivity index (χ0n) is 20.9. The van der Waals surface area contributed by atoms with E-state index in [2.05, 4.69) is 9.97 Å². The number of aryl methyl sites for hydroxylation is 1. The number of esters is 1. The van der Waals surface area contributed by atoms with Gasteiger partial charge in [0.25, 0.3) is 0 Å². The SMILES string of the molecule is CCOC(=O)c1c(CS(=O)(=O)c2ccccc2)n(C)c2cc(-c3cccnc3)c(O)c(Cn3ccnc3)c12. The molecule has 0 bridgehead atoms. The summed E-state index contributed by atoms with van der Waals surface area (Å²) in [5.74, 6) is -1.12. The molecule has 38 heavy (non-hydrogen) atoms. The van der Waals surface area contributed by atoms with E-state index in [1.807, 2.05) is 6.07 Å². The molecule has 0 aliphatic heterocycles. The van der Waals surface area contributed by atoms with E-state index in [4.69, 9.17) is 4.74 Å². The summed E-state index contributed by atoms with van der Waals surface area (Å²) in [6.07, 6.45) is 8.25. The molecule has 9 nitrogen and oxygen atoms in total. The molecular formula is C28H26N4O5S. The van der Waals surface area contributed by atoms with Crippen LogP contribution >= 0.6 is 0 Å². The van der Waals surface area contributed by atoms with E-state index in [1.165, 1.54) is 12.1 Å². The van der Waals surface area contributed by atoms with Crippen molar-refractivity contribution >= 4 is 26.7 Å². The van der Waals surface area contributed by atoms with Gasteiger partial charge < -0.3 is 19.0 Å². The fourth-order valence-electron chi connectivity index (χ4n) is 4.66. The average Bonchev–Trinajstić information content (AvgIpc) is 3.53. The molecule has 3 heterocycles. The molecule has 3 aromatic heterocycles. The number of ether oxygens (including phenoxy) is 1. The van der Waals surface area contributed by atoms with Gasteiger partial charge in [-0.1, -0.05) is 24.3 Å². The van der Waals surface area contributed by atoms with Gasteiger partial charge >= 0.3 is 5.97 Å². The van der Waals surface area contributed by atoms with E-state index >= 15 is 0 Å². The fourth-order valence-corrected chi connectivity index (χ4v) is 6.09. The quantitative estimate of drug-likeness (QED) is 0.297. The molecule has 0 saturated heterocycles. The van der Waals surface area contributed by atoms with Crippen molar-refractivity contribution in [3.8, 4) is 16.9 Å². The third-order valence-corrected chi connectivity index (χ3v) is 8.11. The Kier molecular flexibility index (Phi) is 6.73. The Morgan fingerprint density at radius 2 is 1.87 bits per heavy atom. The number of aromatic hydroxyl groups is 1. The van der Waals surface area contributed by atoms with Crippen LogP contribution in [0.1, 0.15) is 28.5 Å². The molecule has 0 aliphatic carbocycles. The van der Waals surface area contributed by atoms with Gasteiger partial charge in [0.15, 0.2) is 9.84 Å². The van der Waals surface area contributed by atoms with Crippen LogP contribution in [0.4, 0.5) is 0 Å². The Balaban J connectivity index is 1.83. The molecule has 0 amide bonds. The molecule has 0 fully saturated rings. The maximum absolute atomic E-state index is 13.4. The number of rotatable bonds is 8. The molecule has 0 aliphatic rings. The lowest BCUT2D eigenvalue weighted by Gasteiger charge is -2.14. The number of aromatic nitrogens is 4. The first kappa shape index (κ1) is 25.2. The van der Waals surface area contributed by atoms with Gasteiger partial charge in [-0.25, -0.2) is 18.2 Å². The summed E-state index contributed by atoms with van der Waals surface area (Å²) >= 11 is 0. The van der Waals surface area contributed by atoms with Crippen molar-refractivity contribution in [3.63, 3.8) is 0 Å². The number of carbonyl (C=O) groups excluding carboxylic acids is 1. The third kappa shape index (κ3) is 4.54. The Hall–Kier alpha value is -4.44. The Morgan fingerprint density at radius 3 is 2.53 bits per heavy atom. The first-order valence-corrected chi connectivity index (χ1v) is 13.6. The molecule has 194 valence electrons. The summed E-state index contributed by atoms with van der Waals surface area (Å²) in [6.45, 7) is 1.99. The van der Waals surface area contributed by atoms with Gasteiger partial charge in [0.05, 0.1) is 41.2 Å². The van der Waals surface area contributed by atoms with Crippen LogP contribution < -0.4 is 0 Å². The monoisotopic (exact) mass is 530 g/mol. The van der Waals surface area contributed by atoms with E-state index in [0.29, 0.717) is 27.6 Å². The molecule has 10 heteroatoms. The second kappa shape index (κ2) is 10.1. The van der Waals surface area contributed by atoms with Gasteiger partial charge in [-0.3, -0.25) is 4.98 Å². The van der Waals surface area contributed by atoms with E-state index < -0.39 is 21.6 Å². The van der Waals surface area contributed by atoms with Gasteiger partial charge in [0.1, 0.15) is 5.75 Å². The van der Waals surface area contributed by atoms with Crippen molar-refractivity contribution in [1.82, 2.24) is 19.1 Å². The van der Waals surface area contributed by atoms with Crippen molar-refractivity contribution in [1.29, 1.82) is 0 Å². The van der Waals surface area contributed by atoms with E-state index in [1.54, 1.807) is 84.6 Å². The average molecular weight is 531 g/mol. The van der Waals surface area contributed by atoms with Crippen LogP contribution in [0.15, 0.2) is 84.5 Å². The molecular weight excluding hydrogens is 504 g/mol. The summed E-state index contributed by atoms with van der Waals surface area (Å²) in [7, 11) is -2.09. The second-order valence-electron chi connectivity index (χ2n) is 8.80. The van der Waals surface area contributed by atoms with Crippen LogP contribution in [-0.4, -0.2) is 45.2 Å². The number of fused-ring (bicyclic) bond motifs is 1. The van der Waals surface area contributed by atoms with Crippen LogP contribution in [0.25, 0.3) is 22.0 Å². The van der Waals surface area contributed by atoms with Gasteiger partial charge in [0.2, 0.25) is 0 Å². The highest BCUT2D eigenvalue weighted by Crippen LogP contribution is 2.42. The van der Waals surface area contributed by atoms with Gasteiger partial charge in [-0.2, -0.15) is 0 Å². The van der Waals surface area contributed by atoms with Crippen molar-refractivity contribution in [2.45, 2.75) is 24.1 Å². The summed E-state index contributed by atoms with van der Waals surface area (Å²) in [5.41, 5.74) is 2.61. The number of sulfone groups is 1. The number of benzene rings is 2. The van der Waals surface area contributed by atoms with Crippen LogP contribution in [0, 0.1) is 0 Å². The first-order valence-electron chi connectivity index (χ1n) is 12.0. The first-order chi connectivity index (χ1) is 18.3. The lowest BCUT2D eigenvalue weighted by atomic mass is 9.96. The second-order valence-corrected chi connectivity index (χ2v) is 10.8. The minimum Gasteiger partial charge on any atom is -0.507 e. The fraction of sp³-hybridized carbons (Fsp3) is 0.179. The Bertz CT molecular complexity index is 1710. The summed E-state index contributed by atoms with van der Waals surface area (Å²) in [5, 5.41) is 12.0. The maximum Gasteiger partial charge on any atom is 0.340 e. The molecule has 2 aromatic carbocycles. The molecule has 0 radical (unpaired) electrons. The predicted molar refractivity (Wildman–Crippen MR) is 142 cm³/mol.